The maximum Gasteiger partial charge on any atom is 0.0469 e. The second-order valence-corrected chi connectivity index (χ2v) is 3.35. The molecule has 0 aliphatic carbocycles. The van der Waals surface area contributed by atoms with E-state index in [9.17, 15) is 0 Å². The molecule has 0 aliphatic rings. The van der Waals surface area contributed by atoms with Gasteiger partial charge in [-0.1, -0.05) is 19.1 Å². The zero-order valence-corrected chi connectivity index (χ0v) is 9.24. The van der Waals surface area contributed by atoms with Gasteiger partial charge in [-0.2, -0.15) is 0 Å². The van der Waals surface area contributed by atoms with E-state index in [-0.39, 0.29) is 0 Å². The van der Waals surface area contributed by atoms with E-state index in [2.05, 4.69) is 28.3 Å². The fourth-order valence-corrected chi connectivity index (χ4v) is 1.04. The lowest BCUT2D eigenvalue weighted by molar-refractivity contribution is 0.133. The monoisotopic (exact) mass is 188 g/mol. The summed E-state index contributed by atoms with van der Waals surface area (Å²) in [6.07, 6.45) is 10.2. The van der Waals surface area contributed by atoms with Crippen LogP contribution < -0.4 is 0 Å². The maximum absolute atomic E-state index is 5.41. The van der Waals surface area contributed by atoms with Crippen LogP contribution in [-0.2, 0) is 4.74 Å². The minimum atomic E-state index is 0.915. The van der Waals surface area contributed by atoms with Gasteiger partial charge in [-0.15, -0.1) is 9.24 Å². The van der Waals surface area contributed by atoms with Gasteiger partial charge in [0.1, 0.15) is 0 Å². The molecule has 0 radical (unpaired) electrons. The third kappa shape index (κ3) is 10.1. The molecule has 0 aromatic rings. The SMILES string of the molecule is CCC=CCCCOCCCP. The zero-order valence-electron chi connectivity index (χ0n) is 8.09. The Morgan fingerprint density at radius 3 is 2.58 bits per heavy atom. The Labute approximate surface area is 78.8 Å². The minimum Gasteiger partial charge on any atom is -0.381 e. The van der Waals surface area contributed by atoms with E-state index in [0.29, 0.717) is 0 Å². The fraction of sp³-hybridized carbons (Fsp3) is 0.800. The van der Waals surface area contributed by atoms with Crippen LogP contribution in [0.2, 0.25) is 0 Å². The lowest BCUT2D eigenvalue weighted by Gasteiger charge is -2.00. The normalized spacial score (nSPS) is 11.2. The summed E-state index contributed by atoms with van der Waals surface area (Å²) in [6.45, 7) is 3.99. The van der Waals surface area contributed by atoms with Crippen LogP contribution in [0.5, 0.6) is 0 Å². The lowest BCUT2D eigenvalue weighted by atomic mass is 10.3. The number of allylic oxidation sites excluding steroid dienone is 2. The Morgan fingerprint density at radius 1 is 1.17 bits per heavy atom. The summed E-state index contributed by atoms with van der Waals surface area (Å²) in [4.78, 5) is 0. The molecular weight excluding hydrogens is 167 g/mol. The molecule has 12 heavy (non-hydrogen) atoms. The van der Waals surface area contributed by atoms with Gasteiger partial charge in [0, 0.05) is 13.2 Å². The fourth-order valence-electron chi connectivity index (χ4n) is 0.875. The highest BCUT2D eigenvalue weighted by Gasteiger charge is 1.86. The summed E-state index contributed by atoms with van der Waals surface area (Å²) in [6, 6.07) is 0. The molecule has 0 N–H and O–H groups in total. The van der Waals surface area contributed by atoms with Gasteiger partial charge in [0.25, 0.3) is 0 Å². The first-order valence-electron chi connectivity index (χ1n) is 4.84. The third-order valence-corrected chi connectivity index (χ3v) is 1.96. The zero-order chi connectivity index (χ0) is 9.07. The lowest BCUT2D eigenvalue weighted by Crippen LogP contribution is -1.96. The van der Waals surface area contributed by atoms with Gasteiger partial charge in [0.15, 0.2) is 0 Å². The molecule has 0 spiro atoms. The van der Waals surface area contributed by atoms with E-state index >= 15 is 0 Å². The Kier molecular flexibility index (Phi) is 11.3. The quantitative estimate of drug-likeness (QED) is 0.323. The molecule has 0 amide bonds. The van der Waals surface area contributed by atoms with Crippen molar-refractivity contribution < 1.29 is 4.74 Å². The smallest absolute Gasteiger partial charge is 0.0469 e. The second kappa shape index (κ2) is 11.1. The first-order chi connectivity index (χ1) is 5.91. The average molecular weight is 188 g/mol. The molecule has 0 aromatic heterocycles. The number of unbranched alkanes of at least 4 members (excludes halogenated alkanes) is 1. The van der Waals surface area contributed by atoms with Gasteiger partial charge in [0.2, 0.25) is 0 Å². The van der Waals surface area contributed by atoms with Crippen molar-refractivity contribution in [1.29, 1.82) is 0 Å². The van der Waals surface area contributed by atoms with E-state index < -0.39 is 0 Å². The summed E-state index contributed by atoms with van der Waals surface area (Å²) in [5.74, 6) is 0. The first kappa shape index (κ1) is 12.1. The van der Waals surface area contributed by atoms with Gasteiger partial charge in [-0.3, -0.25) is 0 Å². The van der Waals surface area contributed by atoms with Crippen LogP contribution in [0, 0.1) is 0 Å². The molecule has 0 rings (SSSR count). The van der Waals surface area contributed by atoms with Crippen LogP contribution in [0.25, 0.3) is 0 Å². The van der Waals surface area contributed by atoms with Gasteiger partial charge >= 0.3 is 0 Å². The van der Waals surface area contributed by atoms with Crippen molar-refractivity contribution in [2.75, 3.05) is 19.4 Å². The van der Waals surface area contributed by atoms with Crippen molar-refractivity contribution in [3.8, 4) is 0 Å². The van der Waals surface area contributed by atoms with Crippen molar-refractivity contribution in [3.63, 3.8) is 0 Å². The Bertz CT molecular complexity index is 102. The predicted octanol–water partition coefficient (Wildman–Crippen LogP) is 3.01. The summed E-state index contributed by atoms with van der Waals surface area (Å²) < 4.78 is 5.41. The highest BCUT2D eigenvalue weighted by Crippen LogP contribution is 1.95. The highest BCUT2D eigenvalue weighted by molar-refractivity contribution is 7.16. The van der Waals surface area contributed by atoms with Gasteiger partial charge < -0.3 is 4.74 Å². The number of rotatable bonds is 8. The summed E-state index contributed by atoms with van der Waals surface area (Å²) >= 11 is 0. The van der Waals surface area contributed by atoms with Crippen molar-refractivity contribution in [1.82, 2.24) is 0 Å². The van der Waals surface area contributed by atoms with Crippen LogP contribution in [-0.4, -0.2) is 19.4 Å². The molecule has 0 aliphatic heterocycles. The van der Waals surface area contributed by atoms with Crippen LogP contribution in [0.3, 0.4) is 0 Å². The molecular formula is C10H21OP. The van der Waals surface area contributed by atoms with Crippen molar-refractivity contribution in [2.45, 2.75) is 32.6 Å². The van der Waals surface area contributed by atoms with Crippen LogP contribution >= 0.6 is 9.24 Å². The standard InChI is InChI=1S/C10H21OP/c1-2-3-4-5-6-8-11-9-7-10-12/h3-4H,2,5-10,12H2,1H3. The van der Waals surface area contributed by atoms with E-state index in [1.54, 1.807) is 0 Å². The van der Waals surface area contributed by atoms with Crippen molar-refractivity contribution in [3.05, 3.63) is 12.2 Å². The molecule has 0 saturated heterocycles. The predicted molar refractivity (Wildman–Crippen MR) is 58.7 cm³/mol. The number of hydrogen-bond donors (Lipinski definition) is 0. The topological polar surface area (TPSA) is 9.23 Å². The molecule has 1 atom stereocenters. The molecule has 2 heteroatoms. The van der Waals surface area contributed by atoms with Gasteiger partial charge in [-0.05, 0) is 31.8 Å². The summed E-state index contributed by atoms with van der Waals surface area (Å²) in [7, 11) is 2.71. The van der Waals surface area contributed by atoms with E-state index in [1.807, 2.05) is 0 Å². The summed E-state index contributed by atoms with van der Waals surface area (Å²) in [5, 5.41) is 0. The van der Waals surface area contributed by atoms with Crippen molar-refractivity contribution in [2.24, 2.45) is 0 Å². The van der Waals surface area contributed by atoms with E-state index in [1.165, 1.54) is 0 Å². The molecule has 0 bridgehead atoms. The van der Waals surface area contributed by atoms with Crippen LogP contribution in [0.15, 0.2) is 12.2 Å². The summed E-state index contributed by atoms with van der Waals surface area (Å²) in [5.41, 5.74) is 0. The number of ether oxygens (including phenoxy) is 1. The molecule has 72 valence electrons. The molecule has 1 unspecified atom stereocenters. The Balaban J connectivity index is 2.86. The highest BCUT2D eigenvalue weighted by atomic mass is 31.0. The molecule has 1 nitrogen and oxygen atoms in total. The Morgan fingerprint density at radius 2 is 1.92 bits per heavy atom. The molecule has 0 saturated carbocycles. The minimum absolute atomic E-state index is 0.915. The molecule has 0 aromatic carbocycles. The third-order valence-electron chi connectivity index (χ3n) is 1.55. The molecule has 0 fully saturated rings. The van der Waals surface area contributed by atoms with Gasteiger partial charge in [0.05, 0.1) is 0 Å². The van der Waals surface area contributed by atoms with Crippen LogP contribution in [0.4, 0.5) is 0 Å². The van der Waals surface area contributed by atoms with Gasteiger partial charge in [-0.25, -0.2) is 0 Å². The maximum atomic E-state index is 5.41. The van der Waals surface area contributed by atoms with E-state index in [4.69, 9.17) is 4.74 Å². The second-order valence-electron chi connectivity index (χ2n) is 2.78. The Hall–Kier alpha value is 0.130. The average Bonchev–Trinajstić information content (AvgIpc) is 2.10. The van der Waals surface area contributed by atoms with E-state index in [0.717, 1.165) is 45.1 Å². The number of hydrogen-bond acceptors (Lipinski definition) is 1. The molecule has 0 heterocycles. The van der Waals surface area contributed by atoms with Crippen molar-refractivity contribution >= 4 is 9.24 Å². The first-order valence-corrected chi connectivity index (χ1v) is 5.66. The van der Waals surface area contributed by atoms with Crippen LogP contribution in [0.1, 0.15) is 32.6 Å². The largest absolute Gasteiger partial charge is 0.381 e.